The molecule has 2 heteroatoms. The standard InChI is InChI=1S/C15H17NS/c1-16-15-13(8-11-6-7-17-10-11)9-12-4-2-3-5-14(12)15/h2-7,10,13,15-16H,8-9H2,1H3. The summed E-state index contributed by atoms with van der Waals surface area (Å²) in [6, 6.07) is 11.6. The van der Waals surface area contributed by atoms with Crippen LogP contribution in [0.5, 0.6) is 0 Å². The van der Waals surface area contributed by atoms with Crippen LogP contribution < -0.4 is 5.32 Å². The summed E-state index contributed by atoms with van der Waals surface area (Å²) in [6.07, 6.45) is 2.39. The molecule has 0 bridgehead atoms. The maximum absolute atomic E-state index is 3.49. The van der Waals surface area contributed by atoms with Gasteiger partial charge >= 0.3 is 0 Å². The molecule has 1 aromatic heterocycles. The number of hydrogen-bond donors (Lipinski definition) is 1. The van der Waals surface area contributed by atoms with Gasteiger partial charge in [0.05, 0.1) is 0 Å². The highest BCUT2D eigenvalue weighted by Crippen LogP contribution is 2.37. The summed E-state index contributed by atoms with van der Waals surface area (Å²) >= 11 is 1.80. The molecule has 1 aliphatic rings. The highest BCUT2D eigenvalue weighted by Gasteiger charge is 2.30. The zero-order valence-electron chi connectivity index (χ0n) is 10.0. The fourth-order valence-electron chi connectivity index (χ4n) is 2.97. The first-order valence-electron chi connectivity index (χ1n) is 6.14. The monoisotopic (exact) mass is 243 g/mol. The number of rotatable bonds is 3. The van der Waals surface area contributed by atoms with Crippen molar-refractivity contribution in [3.63, 3.8) is 0 Å². The van der Waals surface area contributed by atoms with E-state index in [0.29, 0.717) is 12.0 Å². The Hall–Kier alpha value is -1.12. The number of benzene rings is 1. The van der Waals surface area contributed by atoms with E-state index in [2.05, 4.69) is 53.5 Å². The van der Waals surface area contributed by atoms with Crippen molar-refractivity contribution in [3.05, 3.63) is 57.8 Å². The summed E-state index contributed by atoms with van der Waals surface area (Å²) in [5.74, 6) is 0.701. The first-order chi connectivity index (χ1) is 8.38. The molecule has 0 radical (unpaired) electrons. The van der Waals surface area contributed by atoms with Gasteiger partial charge < -0.3 is 5.32 Å². The van der Waals surface area contributed by atoms with Crippen molar-refractivity contribution in [3.8, 4) is 0 Å². The first kappa shape index (κ1) is 11.0. The highest BCUT2D eigenvalue weighted by atomic mass is 32.1. The van der Waals surface area contributed by atoms with Crippen molar-refractivity contribution in [2.45, 2.75) is 18.9 Å². The Balaban J connectivity index is 1.84. The molecule has 1 N–H and O–H groups in total. The molecule has 2 unspecified atom stereocenters. The second kappa shape index (κ2) is 4.63. The smallest absolute Gasteiger partial charge is 0.0355 e. The third kappa shape index (κ3) is 2.03. The van der Waals surface area contributed by atoms with E-state index in [4.69, 9.17) is 0 Å². The van der Waals surface area contributed by atoms with Gasteiger partial charge in [0.15, 0.2) is 0 Å². The van der Waals surface area contributed by atoms with Gasteiger partial charge in [-0.2, -0.15) is 11.3 Å². The van der Waals surface area contributed by atoms with E-state index in [-0.39, 0.29) is 0 Å². The molecule has 0 aliphatic heterocycles. The number of fused-ring (bicyclic) bond motifs is 1. The van der Waals surface area contributed by atoms with Crippen LogP contribution in [0.3, 0.4) is 0 Å². The molecule has 17 heavy (non-hydrogen) atoms. The van der Waals surface area contributed by atoms with Crippen LogP contribution in [0, 0.1) is 5.92 Å². The normalized spacial score (nSPS) is 22.6. The van der Waals surface area contributed by atoms with E-state index in [0.717, 1.165) is 0 Å². The maximum Gasteiger partial charge on any atom is 0.0355 e. The molecule has 3 rings (SSSR count). The van der Waals surface area contributed by atoms with Crippen molar-refractivity contribution < 1.29 is 0 Å². The molecular formula is C15H17NS. The van der Waals surface area contributed by atoms with Gasteiger partial charge in [-0.15, -0.1) is 0 Å². The van der Waals surface area contributed by atoms with Crippen LogP contribution in [-0.2, 0) is 12.8 Å². The van der Waals surface area contributed by atoms with Gasteiger partial charge in [-0.3, -0.25) is 0 Å². The third-order valence-corrected chi connectivity index (χ3v) is 4.46. The summed E-state index contributed by atoms with van der Waals surface area (Å²) in [6.45, 7) is 0. The lowest BCUT2D eigenvalue weighted by atomic mass is 9.94. The lowest BCUT2D eigenvalue weighted by molar-refractivity contribution is 0.411. The summed E-state index contributed by atoms with van der Waals surface area (Å²) in [5, 5.41) is 7.93. The van der Waals surface area contributed by atoms with Crippen molar-refractivity contribution in [1.82, 2.24) is 5.32 Å². The molecule has 0 amide bonds. The molecule has 0 fully saturated rings. The van der Waals surface area contributed by atoms with E-state index in [1.165, 1.54) is 29.5 Å². The summed E-state index contributed by atoms with van der Waals surface area (Å²) in [4.78, 5) is 0. The SMILES string of the molecule is CNC1c2ccccc2CC1Cc1ccsc1. The topological polar surface area (TPSA) is 12.0 Å². The van der Waals surface area contributed by atoms with Crippen LogP contribution >= 0.6 is 11.3 Å². The Kier molecular flexibility index (Phi) is 3.00. The van der Waals surface area contributed by atoms with Gasteiger partial charge in [0.25, 0.3) is 0 Å². The minimum absolute atomic E-state index is 0.520. The fourth-order valence-corrected chi connectivity index (χ4v) is 3.65. The van der Waals surface area contributed by atoms with Gasteiger partial charge in [-0.25, -0.2) is 0 Å². The Morgan fingerprint density at radius 2 is 2.18 bits per heavy atom. The van der Waals surface area contributed by atoms with Crippen LogP contribution in [0.15, 0.2) is 41.1 Å². The largest absolute Gasteiger partial charge is 0.313 e. The Labute approximate surface area is 106 Å². The van der Waals surface area contributed by atoms with Gasteiger partial charge in [-0.1, -0.05) is 24.3 Å². The predicted molar refractivity (Wildman–Crippen MR) is 73.5 cm³/mol. The first-order valence-corrected chi connectivity index (χ1v) is 7.09. The number of nitrogens with one attached hydrogen (secondary N) is 1. The lowest BCUT2D eigenvalue weighted by Gasteiger charge is -2.19. The molecule has 1 aromatic carbocycles. The predicted octanol–water partition coefficient (Wildman–Crippen LogP) is 3.42. The second-order valence-electron chi connectivity index (χ2n) is 4.77. The van der Waals surface area contributed by atoms with Crippen molar-refractivity contribution in [1.29, 1.82) is 0 Å². The zero-order chi connectivity index (χ0) is 11.7. The Morgan fingerprint density at radius 3 is 2.94 bits per heavy atom. The average Bonchev–Trinajstić information content (AvgIpc) is 2.96. The summed E-state index contributed by atoms with van der Waals surface area (Å²) in [5.41, 5.74) is 4.50. The van der Waals surface area contributed by atoms with Crippen molar-refractivity contribution in [2.24, 2.45) is 5.92 Å². The van der Waals surface area contributed by atoms with E-state index in [9.17, 15) is 0 Å². The number of hydrogen-bond acceptors (Lipinski definition) is 2. The quantitative estimate of drug-likeness (QED) is 0.871. The average molecular weight is 243 g/mol. The zero-order valence-corrected chi connectivity index (χ0v) is 10.8. The molecule has 1 heterocycles. The molecule has 88 valence electrons. The maximum atomic E-state index is 3.49. The third-order valence-electron chi connectivity index (χ3n) is 3.73. The second-order valence-corrected chi connectivity index (χ2v) is 5.55. The lowest BCUT2D eigenvalue weighted by Crippen LogP contribution is -2.22. The Bertz CT molecular complexity index is 487. The Morgan fingerprint density at radius 1 is 1.29 bits per heavy atom. The van der Waals surface area contributed by atoms with Crippen molar-refractivity contribution >= 4 is 11.3 Å². The molecule has 2 atom stereocenters. The molecule has 2 aromatic rings. The van der Waals surface area contributed by atoms with Crippen LogP contribution in [0.1, 0.15) is 22.7 Å². The fraction of sp³-hybridized carbons (Fsp3) is 0.333. The minimum Gasteiger partial charge on any atom is -0.313 e. The van der Waals surface area contributed by atoms with E-state index in [1.54, 1.807) is 11.3 Å². The minimum atomic E-state index is 0.520. The molecule has 1 aliphatic carbocycles. The summed E-state index contributed by atoms with van der Waals surface area (Å²) in [7, 11) is 2.08. The van der Waals surface area contributed by atoms with Gasteiger partial charge in [0.1, 0.15) is 0 Å². The molecule has 0 spiro atoms. The molecule has 0 saturated heterocycles. The molecular weight excluding hydrogens is 226 g/mol. The molecule has 0 saturated carbocycles. The van der Waals surface area contributed by atoms with Crippen LogP contribution in [0.4, 0.5) is 0 Å². The highest BCUT2D eigenvalue weighted by molar-refractivity contribution is 7.07. The number of thiophene rings is 1. The summed E-state index contributed by atoms with van der Waals surface area (Å²) < 4.78 is 0. The van der Waals surface area contributed by atoms with Gasteiger partial charge in [0.2, 0.25) is 0 Å². The van der Waals surface area contributed by atoms with E-state index < -0.39 is 0 Å². The van der Waals surface area contributed by atoms with Crippen LogP contribution in [0.25, 0.3) is 0 Å². The van der Waals surface area contributed by atoms with Crippen molar-refractivity contribution in [2.75, 3.05) is 7.05 Å². The van der Waals surface area contributed by atoms with Gasteiger partial charge in [-0.05, 0) is 59.3 Å². The van der Waals surface area contributed by atoms with Crippen LogP contribution in [0.2, 0.25) is 0 Å². The van der Waals surface area contributed by atoms with Gasteiger partial charge in [0, 0.05) is 6.04 Å². The van der Waals surface area contributed by atoms with Crippen LogP contribution in [-0.4, -0.2) is 7.05 Å². The van der Waals surface area contributed by atoms with E-state index in [1.807, 2.05) is 0 Å². The van der Waals surface area contributed by atoms with E-state index >= 15 is 0 Å². The molecule has 1 nitrogen and oxygen atoms in total.